The fourth-order valence-corrected chi connectivity index (χ4v) is 3.08. The zero-order valence-corrected chi connectivity index (χ0v) is 18.6. The first-order valence-electron chi connectivity index (χ1n) is 10.6. The van der Waals surface area contributed by atoms with Crippen molar-refractivity contribution >= 4 is 29.7 Å². The molecule has 0 saturated carbocycles. The Labute approximate surface area is 180 Å². The lowest BCUT2D eigenvalue weighted by Crippen LogP contribution is -2.41. The van der Waals surface area contributed by atoms with Crippen LogP contribution in [0.1, 0.15) is 39.2 Å². The van der Waals surface area contributed by atoms with Crippen LogP contribution in [0.25, 0.3) is 0 Å². The average Bonchev–Trinajstić information content (AvgIpc) is 2.77. The molecule has 0 atom stereocenters. The van der Waals surface area contributed by atoms with Crippen molar-refractivity contribution in [3.8, 4) is 0 Å². The van der Waals surface area contributed by atoms with Crippen LogP contribution >= 0.6 is 0 Å². The lowest BCUT2D eigenvalue weighted by atomic mass is 10.2. The number of urea groups is 1. The highest BCUT2D eigenvalue weighted by Crippen LogP contribution is 2.29. The summed E-state index contributed by atoms with van der Waals surface area (Å²) in [6, 6.07) is 9.82. The number of amides is 2. The zero-order valence-electron chi connectivity index (χ0n) is 18.6. The van der Waals surface area contributed by atoms with E-state index in [0.29, 0.717) is 30.5 Å². The smallest absolute Gasteiger partial charge is 0.324 e. The van der Waals surface area contributed by atoms with Gasteiger partial charge in [0.25, 0.3) is 0 Å². The molecular formula is C23H33N6O. The summed E-state index contributed by atoms with van der Waals surface area (Å²) >= 11 is 0. The van der Waals surface area contributed by atoms with E-state index in [0.717, 1.165) is 31.5 Å². The van der Waals surface area contributed by atoms with E-state index in [1.54, 1.807) is 29.3 Å². The molecule has 1 aromatic heterocycles. The Morgan fingerprint density at radius 3 is 2.43 bits per heavy atom. The predicted molar refractivity (Wildman–Crippen MR) is 125 cm³/mol. The normalized spacial score (nSPS) is 11.0. The molecule has 0 saturated heterocycles. The molecule has 1 heterocycles. The largest absolute Gasteiger partial charge is 0.341 e. The molecule has 0 aliphatic rings. The number of unbranched alkanes of at least 4 members (excludes halogenated alkanes) is 1. The Hall–Kier alpha value is -2.96. The number of carbonyl (C=O) groups is 1. The van der Waals surface area contributed by atoms with Crippen LogP contribution in [-0.2, 0) is 6.54 Å². The molecule has 0 unspecified atom stereocenters. The molecule has 2 amide bonds. The monoisotopic (exact) mass is 409 g/mol. The number of aliphatic imine (C=N–C) groups is 1. The molecule has 1 radical (unpaired) electrons. The van der Waals surface area contributed by atoms with Crippen LogP contribution in [-0.4, -0.2) is 53.8 Å². The minimum Gasteiger partial charge on any atom is -0.341 e. The van der Waals surface area contributed by atoms with Crippen LogP contribution in [0, 0.1) is 6.92 Å². The van der Waals surface area contributed by atoms with Crippen molar-refractivity contribution in [3.63, 3.8) is 0 Å². The summed E-state index contributed by atoms with van der Waals surface area (Å²) < 4.78 is 0. The Balaban J connectivity index is 2.35. The molecule has 0 fully saturated rings. The fourth-order valence-electron chi connectivity index (χ4n) is 3.08. The molecule has 2 rings (SSSR count). The van der Waals surface area contributed by atoms with E-state index in [2.05, 4.69) is 40.6 Å². The number of rotatable bonds is 10. The summed E-state index contributed by atoms with van der Waals surface area (Å²) in [6.45, 7) is 12.5. The first kappa shape index (κ1) is 23.3. The Morgan fingerprint density at radius 2 is 1.83 bits per heavy atom. The van der Waals surface area contributed by atoms with Crippen molar-refractivity contribution in [2.24, 2.45) is 4.99 Å². The van der Waals surface area contributed by atoms with E-state index >= 15 is 0 Å². The van der Waals surface area contributed by atoms with Gasteiger partial charge in [-0.05, 0) is 39.2 Å². The third kappa shape index (κ3) is 6.02. The Bertz CT molecular complexity index is 820. The highest BCUT2D eigenvalue weighted by Gasteiger charge is 2.23. The highest BCUT2D eigenvalue weighted by atomic mass is 16.2. The van der Waals surface area contributed by atoms with Crippen LogP contribution in [0.5, 0.6) is 0 Å². The van der Waals surface area contributed by atoms with Gasteiger partial charge in [0.1, 0.15) is 5.69 Å². The van der Waals surface area contributed by atoms with Crippen molar-refractivity contribution in [2.75, 3.05) is 36.5 Å². The lowest BCUT2D eigenvalue weighted by Gasteiger charge is -2.28. The fraction of sp³-hybridized carbons (Fsp3) is 0.435. The first-order chi connectivity index (χ1) is 14.5. The van der Waals surface area contributed by atoms with Crippen molar-refractivity contribution < 1.29 is 4.79 Å². The molecule has 30 heavy (non-hydrogen) atoms. The van der Waals surface area contributed by atoms with Crippen LogP contribution in [0.3, 0.4) is 0 Å². The van der Waals surface area contributed by atoms with E-state index in [1.807, 2.05) is 37.3 Å². The molecule has 0 bridgehead atoms. The van der Waals surface area contributed by atoms with Crippen molar-refractivity contribution in [2.45, 2.75) is 40.2 Å². The second kappa shape index (κ2) is 11.9. The van der Waals surface area contributed by atoms with Gasteiger partial charge in [-0.1, -0.05) is 37.3 Å². The summed E-state index contributed by atoms with van der Waals surface area (Å²) in [5, 5.41) is 0. The standard InChI is InChI=1S/C23H33N6O/c1-6-10-16-24-21-20(17-25-22(26-21)28(7-2)8-3)29(9-4)23(30)27(5)18-19-14-12-11-13-15-19/h11-17H,1,6-10,18H2,2-5H3. The summed E-state index contributed by atoms with van der Waals surface area (Å²) in [6.07, 6.45) is 5.01. The van der Waals surface area contributed by atoms with Gasteiger partial charge in [0.05, 0.1) is 6.20 Å². The summed E-state index contributed by atoms with van der Waals surface area (Å²) in [4.78, 5) is 32.4. The van der Waals surface area contributed by atoms with Crippen molar-refractivity contribution in [3.05, 3.63) is 49.0 Å². The third-order valence-corrected chi connectivity index (χ3v) is 4.76. The topological polar surface area (TPSA) is 64.9 Å². The van der Waals surface area contributed by atoms with Gasteiger partial charge < -0.3 is 9.80 Å². The highest BCUT2D eigenvalue weighted by molar-refractivity contribution is 5.94. The third-order valence-electron chi connectivity index (χ3n) is 4.76. The Morgan fingerprint density at radius 1 is 1.13 bits per heavy atom. The predicted octanol–water partition coefficient (Wildman–Crippen LogP) is 4.72. The molecule has 0 aliphatic carbocycles. The van der Waals surface area contributed by atoms with Crippen LogP contribution in [0.4, 0.5) is 22.2 Å². The number of carbonyl (C=O) groups excluding carboxylic acids is 1. The molecule has 0 N–H and O–H groups in total. The van der Waals surface area contributed by atoms with Crippen LogP contribution < -0.4 is 9.80 Å². The molecule has 0 aliphatic heterocycles. The number of nitrogens with zero attached hydrogens (tertiary/aromatic N) is 6. The van der Waals surface area contributed by atoms with E-state index in [4.69, 9.17) is 0 Å². The van der Waals surface area contributed by atoms with Crippen LogP contribution in [0.15, 0.2) is 41.5 Å². The van der Waals surface area contributed by atoms with Gasteiger partial charge in [0.15, 0.2) is 5.82 Å². The summed E-state index contributed by atoms with van der Waals surface area (Å²) in [5.41, 5.74) is 1.69. The number of hydrogen-bond donors (Lipinski definition) is 0. The lowest BCUT2D eigenvalue weighted by molar-refractivity contribution is 0.214. The van der Waals surface area contributed by atoms with Gasteiger partial charge in [-0.15, -0.1) is 0 Å². The number of aromatic nitrogens is 2. The van der Waals surface area contributed by atoms with Gasteiger partial charge in [-0.25, -0.2) is 14.8 Å². The SMILES string of the molecule is [CH2]CCC=Nc1nc(N(CC)CC)ncc1N(CC)C(=O)N(C)Cc1ccccc1. The van der Waals surface area contributed by atoms with Crippen LogP contribution in [0.2, 0.25) is 0 Å². The molecule has 1 aromatic carbocycles. The number of hydrogen-bond acceptors (Lipinski definition) is 5. The average molecular weight is 410 g/mol. The van der Waals surface area contributed by atoms with E-state index in [1.165, 1.54) is 0 Å². The summed E-state index contributed by atoms with van der Waals surface area (Å²) in [7, 11) is 1.80. The Kier molecular flexibility index (Phi) is 9.25. The minimum atomic E-state index is -0.117. The summed E-state index contributed by atoms with van der Waals surface area (Å²) in [5.74, 6) is 1.12. The van der Waals surface area contributed by atoms with Gasteiger partial charge in [-0.2, -0.15) is 4.98 Å². The number of anilines is 2. The van der Waals surface area contributed by atoms with Gasteiger partial charge in [-0.3, -0.25) is 4.90 Å². The van der Waals surface area contributed by atoms with Crippen molar-refractivity contribution in [1.29, 1.82) is 0 Å². The number of benzene rings is 1. The molecule has 2 aromatic rings. The van der Waals surface area contributed by atoms with Gasteiger partial charge >= 0.3 is 6.03 Å². The maximum Gasteiger partial charge on any atom is 0.324 e. The molecule has 7 nitrogen and oxygen atoms in total. The zero-order chi connectivity index (χ0) is 21.9. The molecular weight excluding hydrogens is 376 g/mol. The van der Waals surface area contributed by atoms with Crippen molar-refractivity contribution in [1.82, 2.24) is 14.9 Å². The quantitative estimate of drug-likeness (QED) is 0.533. The minimum absolute atomic E-state index is 0.117. The molecule has 7 heteroatoms. The second-order valence-corrected chi connectivity index (χ2v) is 6.87. The van der Waals surface area contributed by atoms with E-state index < -0.39 is 0 Å². The molecule has 161 valence electrons. The first-order valence-corrected chi connectivity index (χ1v) is 10.6. The van der Waals surface area contributed by atoms with E-state index in [-0.39, 0.29) is 6.03 Å². The second-order valence-electron chi connectivity index (χ2n) is 6.87. The molecule has 0 spiro atoms. The van der Waals surface area contributed by atoms with Gasteiger partial charge in [0.2, 0.25) is 5.95 Å². The van der Waals surface area contributed by atoms with E-state index in [9.17, 15) is 4.79 Å². The maximum atomic E-state index is 13.2. The maximum absolute atomic E-state index is 13.2. The van der Waals surface area contributed by atoms with Gasteiger partial charge in [0, 0.05) is 39.4 Å².